The topological polar surface area (TPSA) is 346 Å². The average Bonchev–Trinajstić information content (AvgIpc) is 3.27. The van der Waals surface area contributed by atoms with Gasteiger partial charge in [0.2, 0.25) is 12.4 Å². The van der Waals surface area contributed by atoms with Crippen LogP contribution in [0.4, 0.5) is 0 Å². The second-order valence-corrected chi connectivity index (χ2v) is 22.5. The van der Waals surface area contributed by atoms with E-state index in [2.05, 4.69) is 40.7 Å². The summed E-state index contributed by atoms with van der Waals surface area (Å²) >= 11 is 0. The maximum absolute atomic E-state index is 14.7. The fourth-order valence-corrected chi connectivity index (χ4v) is 14.3. The van der Waals surface area contributed by atoms with E-state index in [9.17, 15) is 70.2 Å². The molecule has 21 atom stereocenters. The van der Waals surface area contributed by atoms with E-state index >= 15 is 0 Å². The molecule has 4 saturated carbocycles. The van der Waals surface area contributed by atoms with Crippen LogP contribution >= 0.6 is 0 Å². The zero-order valence-corrected chi connectivity index (χ0v) is 39.5. The number of hydrogen-bond donors (Lipinski definition) is 11. The molecule has 68 heavy (non-hydrogen) atoms. The van der Waals surface area contributed by atoms with Crippen molar-refractivity contribution >= 4 is 23.9 Å². The number of rotatable bonds is 14. The predicted octanol–water partition coefficient (Wildman–Crippen LogP) is 0.278. The van der Waals surface area contributed by atoms with E-state index < -0.39 is 133 Å². The molecule has 11 N–H and O–H groups in total. The monoisotopic (exact) mass is 972 g/mol. The number of esters is 1. The second kappa shape index (κ2) is 18.9. The number of ether oxygens (including phenoxy) is 6. The summed E-state index contributed by atoms with van der Waals surface area (Å²) < 4.78 is 34.0. The lowest BCUT2D eigenvalue weighted by molar-refractivity contribution is -0.347. The van der Waals surface area contributed by atoms with Crippen molar-refractivity contribution in [2.24, 2.45) is 50.2 Å². The molecule has 0 spiro atoms. The van der Waals surface area contributed by atoms with Crippen molar-refractivity contribution in [1.82, 2.24) is 0 Å². The number of carboxylic acid groups (broad SMARTS) is 3. The lowest BCUT2D eigenvalue weighted by Crippen LogP contribution is -2.67. The highest BCUT2D eigenvalue weighted by Gasteiger charge is 2.70. The Morgan fingerprint density at radius 3 is 2.07 bits per heavy atom. The van der Waals surface area contributed by atoms with Gasteiger partial charge in [0.05, 0.1) is 24.7 Å². The molecule has 0 aromatic heterocycles. The summed E-state index contributed by atoms with van der Waals surface area (Å²) in [5.74, 6) is -6.05. The summed E-state index contributed by atoms with van der Waals surface area (Å²) in [6, 6.07) is 0. The molecular formula is C47H72O21. The molecular weight excluding hydrogens is 900 g/mol. The van der Waals surface area contributed by atoms with Crippen LogP contribution in [0.2, 0.25) is 0 Å². The van der Waals surface area contributed by atoms with Crippen molar-refractivity contribution in [1.29, 1.82) is 0 Å². The van der Waals surface area contributed by atoms with Gasteiger partial charge < -0.3 is 84.6 Å². The van der Waals surface area contributed by atoms with Crippen molar-refractivity contribution in [2.45, 2.75) is 186 Å². The number of fused-ring (bicyclic) bond motifs is 7. The van der Waals surface area contributed by atoms with Crippen molar-refractivity contribution < 1.29 is 104 Å². The van der Waals surface area contributed by atoms with Gasteiger partial charge in [-0.3, -0.25) is 4.79 Å². The first-order valence-electron chi connectivity index (χ1n) is 23.8. The van der Waals surface area contributed by atoms with Gasteiger partial charge in [0, 0.05) is 5.41 Å². The van der Waals surface area contributed by atoms with Gasteiger partial charge in [-0.1, -0.05) is 53.2 Å². The molecule has 0 radical (unpaired) electrons. The maximum atomic E-state index is 14.7. The van der Waals surface area contributed by atoms with Crippen LogP contribution in [0.25, 0.3) is 0 Å². The van der Waals surface area contributed by atoms with Gasteiger partial charge >= 0.3 is 23.9 Å². The fraction of sp³-hybridized carbons (Fsp3) is 0.872. The molecule has 21 heteroatoms. The molecule has 7 rings (SSSR count). The van der Waals surface area contributed by atoms with Crippen LogP contribution in [0, 0.1) is 50.2 Å². The van der Waals surface area contributed by atoms with E-state index in [1.807, 2.05) is 6.92 Å². The number of carbonyl (C=O) groups is 4. The summed E-state index contributed by atoms with van der Waals surface area (Å²) in [6.07, 6.45) is -15.4. The number of hydrogen-bond acceptors (Lipinski definition) is 18. The maximum Gasteiger partial charge on any atom is 0.337 e. The van der Waals surface area contributed by atoms with Gasteiger partial charge in [0.1, 0.15) is 49.3 Å². The van der Waals surface area contributed by atoms with Crippen molar-refractivity contribution in [3.05, 3.63) is 11.6 Å². The Bertz CT molecular complexity index is 1940. The van der Waals surface area contributed by atoms with Crippen molar-refractivity contribution in [2.75, 3.05) is 19.8 Å². The highest BCUT2D eigenvalue weighted by Crippen LogP contribution is 2.76. The lowest BCUT2D eigenvalue weighted by atomic mass is 9.33. The smallest absolute Gasteiger partial charge is 0.337 e. The standard InChI is InChI=1S/C47H72O21/c1-42(2)13-15-47(41(62)68-39-30(54)29(53)28(52)23(18-48)64-39)16-14-45(5)21(22(47)17-42)7-8-25-43(3)11-10-26(44(4,20-49)24(43)9-12-46(25,45)6)65-40-32(56)34(31(55)35(67-40)37(60)61)66-38(33(57)36(58)59)63-19-27(50)51/h7,22-26,28-35,38-40,48-49,52-57H,8-20H2,1-6H3,(H,50,51)(H,58,59)(H,60,61)/t22-,23+,24+,25+,26-,28+,29-,30+,31-,32+,33+,34-,35-,38-,39-,40+,43-,44-,45+,46+,47-/m0/s1. The Morgan fingerprint density at radius 2 is 1.46 bits per heavy atom. The van der Waals surface area contributed by atoms with Crippen molar-refractivity contribution in [3.63, 3.8) is 0 Å². The number of aliphatic hydroxyl groups is 8. The first-order valence-corrected chi connectivity index (χ1v) is 23.8. The summed E-state index contributed by atoms with van der Waals surface area (Å²) in [5, 5.41) is 114. The molecule has 0 bridgehead atoms. The quantitative estimate of drug-likeness (QED) is 0.0482. The van der Waals surface area contributed by atoms with Crippen LogP contribution in [0.1, 0.15) is 106 Å². The Kier molecular flexibility index (Phi) is 14.7. The first-order chi connectivity index (χ1) is 31.7. The Hall–Kier alpha value is -2.90. The minimum absolute atomic E-state index is 0.0729. The van der Waals surface area contributed by atoms with E-state index in [0.717, 1.165) is 12.8 Å². The molecule has 2 heterocycles. The lowest BCUT2D eigenvalue weighted by Gasteiger charge is -2.71. The molecule has 0 unspecified atom stereocenters. The van der Waals surface area contributed by atoms with E-state index in [-0.39, 0.29) is 40.6 Å². The zero-order valence-electron chi connectivity index (χ0n) is 39.5. The number of carboxylic acids is 3. The third-order valence-electron chi connectivity index (χ3n) is 18.5. The molecule has 386 valence electrons. The molecule has 5 aliphatic carbocycles. The minimum atomic E-state index is -2.51. The normalized spacial score (nSPS) is 47.4. The summed E-state index contributed by atoms with van der Waals surface area (Å²) in [7, 11) is 0. The zero-order chi connectivity index (χ0) is 50.3. The summed E-state index contributed by atoms with van der Waals surface area (Å²) in [5.41, 5.74) is -2.02. The number of aliphatic hydroxyl groups excluding tert-OH is 8. The van der Waals surface area contributed by atoms with Gasteiger partial charge in [0.15, 0.2) is 18.7 Å². The first kappa shape index (κ1) is 52.9. The number of aliphatic carboxylic acids is 3. The van der Waals surface area contributed by atoms with Gasteiger partial charge in [-0.15, -0.1) is 0 Å². The molecule has 0 amide bonds. The van der Waals surface area contributed by atoms with E-state index in [1.54, 1.807) is 0 Å². The van der Waals surface area contributed by atoms with Crippen LogP contribution < -0.4 is 0 Å². The molecule has 2 aliphatic heterocycles. The second-order valence-electron chi connectivity index (χ2n) is 22.5. The molecule has 0 aromatic carbocycles. The number of carbonyl (C=O) groups excluding carboxylic acids is 1. The van der Waals surface area contributed by atoms with Crippen molar-refractivity contribution in [3.8, 4) is 0 Å². The van der Waals surface area contributed by atoms with Crippen LogP contribution in [0.15, 0.2) is 11.6 Å². The van der Waals surface area contributed by atoms with Crippen LogP contribution in [-0.2, 0) is 47.6 Å². The van der Waals surface area contributed by atoms with E-state index in [0.29, 0.717) is 51.4 Å². The third-order valence-corrected chi connectivity index (χ3v) is 18.5. The Balaban J connectivity index is 1.15. The highest BCUT2D eigenvalue weighted by molar-refractivity contribution is 5.79. The number of allylic oxidation sites excluding steroid dienone is 2. The fourth-order valence-electron chi connectivity index (χ4n) is 14.3. The molecule has 0 aromatic rings. The van der Waals surface area contributed by atoms with E-state index in [4.69, 9.17) is 33.5 Å². The largest absolute Gasteiger partial charge is 0.480 e. The molecule has 21 nitrogen and oxygen atoms in total. The summed E-state index contributed by atoms with van der Waals surface area (Å²) in [6.45, 7) is 10.9. The highest BCUT2D eigenvalue weighted by atomic mass is 16.7. The Labute approximate surface area is 394 Å². The van der Waals surface area contributed by atoms with Gasteiger partial charge in [-0.05, 0) is 104 Å². The average molecular weight is 973 g/mol. The van der Waals surface area contributed by atoms with Gasteiger partial charge in [-0.2, -0.15) is 0 Å². The van der Waals surface area contributed by atoms with Crippen LogP contribution in [-0.4, -0.2) is 180 Å². The van der Waals surface area contributed by atoms with E-state index in [1.165, 1.54) is 5.57 Å². The predicted molar refractivity (Wildman–Crippen MR) is 229 cm³/mol. The molecule has 2 saturated heterocycles. The molecule has 6 fully saturated rings. The van der Waals surface area contributed by atoms with Gasteiger partial charge in [-0.25, -0.2) is 14.4 Å². The van der Waals surface area contributed by atoms with Crippen LogP contribution in [0.3, 0.4) is 0 Å². The van der Waals surface area contributed by atoms with Gasteiger partial charge in [0.25, 0.3) is 0 Å². The SMILES string of the molecule is CC1(C)CC[C@]2(C(=O)O[C@@H]3O[C@H](CO)[C@@H](O)[C@H](O)[C@H]3O)CC[C@]3(C)C(=CC[C@@H]4[C@@]5(C)CC[C@H](O[C@@H]6O[C@H](C(=O)O)[C@@H](O)[C@H](O[C@H](OCC(=O)O)[C@H](O)C(=O)O)[C@H]6O)[C@@](C)(CO)[C@@H]5CC[C@]43C)[C@@H]2C1. The van der Waals surface area contributed by atoms with Crippen LogP contribution in [0.5, 0.6) is 0 Å². The molecule has 7 aliphatic rings. The third kappa shape index (κ3) is 8.61. The summed E-state index contributed by atoms with van der Waals surface area (Å²) in [4.78, 5) is 49.9. The minimum Gasteiger partial charge on any atom is -0.480 e. The Morgan fingerprint density at radius 1 is 0.779 bits per heavy atom.